The highest BCUT2D eigenvalue weighted by Gasteiger charge is 2.22. The van der Waals surface area contributed by atoms with Gasteiger partial charge in [-0.3, -0.25) is 4.79 Å². The summed E-state index contributed by atoms with van der Waals surface area (Å²) >= 11 is 1.58. The van der Waals surface area contributed by atoms with E-state index in [0.717, 1.165) is 26.6 Å². The van der Waals surface area contributed by atoms with Crippen molar-refractivity contribution in [1.29, 1.82) is 0 Å². The summed E-state index contributed by atoms with van der Waals surface area (Å²) < 4.78 is 0. The van der Waals surface area contributed by atoms with Crippen LogP contribution < -0.4 is 12.4 Å². The minimum Gasteiger partial charge on any atom is -1.00 e. The Morgan fingerprint density at radius 2 is 1.50 bits per heavy atom. The SMILES string of the molecule is Cc1ccc(C)c(-c2nc(C(=O)c3ccccc3)c(-c3ccccc3)s2)c1.[Cl-]. The fourth-order valence-corrected chi connectivity index (χ4v) is 4.22. The second-order valence-corrected chi connectivity index (χ2v) is 7.58. The summed E-state index contributed by atoms with van der Waals surface area (Å²) in [4.78, 5) is 18.9. The zero-order valence-corrected chi connectivity index (χ0v) is 17.2. The van der Waals surface area contributed by atoms with Gasteiger partial charge >= 0.3 is 0 Å². The van der Waals surface area contributed by atoms with Gasteiger partial charge in [-0.15, -0.1) is 11.3 Å². The van der Waals surface area contributed by atoms with Gasteiger partial charge in [0.05, 0.1) is 4.88 Å². The molecule has 1 aromatic heterocycles. The molecule has 0 amide bonds. The first-order chi connectivity index (χ1) is 13.1. The van der Waals surface area contributed by atoms with Crippen LogP contribution in [0.25, 0.3) is 21.0 Å². The summed E-state index contributed by atoms with van der Waals surface area (Å²) in [7, 11) is 0. The van der Waals surface area contributed by atoms with Crippen LogP contribution in [0, 0.1) is 13.8 Å². The van der Waals surface area contributed by atoms with E-state index in [1.165, 1.54) is 5.56 Å². The molecule has 4 heteroatoms. The van der Waals surface area contributed by atoms with Crippen LogP contribution in [0.15, 0.2) is 78.9 Å². The number of benzene rings is 3. The van der Waals surface area contributed by atoms with Crippen molar-refractivity contribution in [2.75, 3.05) is 0 Å². The highest BCUT2D eigenvalue weighted by atomic mass is 35.5. The molecule has 0 aliphatic rings. The summed E-state index contributed by atoms with van der Waals surface area (Å²) in [5, 5.41) is 0.884. The third-order valence-corrected chi connectivity index (χ3v) is 5.68. The lowest BCUT2D eigenvalue weighted by Crippen LogP contribution is -3.00. The summed E-state index contributed by atoms with van der Waals surface area (Å²) in [5.74, 6) is -0.0396. The molecule has 0 radical (unpaired) electrons. The smallest absolute Gasteiger partial charge is 0.212 e. The fourth-order valence-electron chi connectivity index (χ4n) is 3.07. The number of ketones is 1. The average molecular weight is 405 g/mol. The van der Waals surface area contributed by atoms with Crippen LogP contribution in [0.3, 0.4) is 0 Å². The van der Waals surface area contributed by atoms with E-state index in [1.54, 1.807) is 11.3 Å². The zero-order valence-electron chi connectivity index (χ0n) is 15.6. The van der Waals surface area contributed by atoms with Crippen molar-refractivity contribution in [2.45, 2.75) is 13.8 Å². The van der Waals surface area contributed by atoms with Gasteiger partial charge in [-0.1, -0.05) is 78.4 Å². The van der Waals surface area contributed by atoms with E-state index in [2.05, 4.69) is 32.0 Å². The third-order valence-electron chi connectivity index (χ3n) is 4.54. The summed E-state index contributed by atoms with van der Waals surface area (Å²) in [6.07, 6.45) is 0. The Morgan fingerprint density at radius 3 is 2.18 bits per heavy atom. The Kier molecular flexibility index (Phi) is 6.08. The number of thiazole rings is 1. The van der Waals surface area contributed by atoms with E-state index < -0.39 is 0 Å². The summed E-state index contributed by atoms with van der Waals surface area (Å²) in [5.41, 5.74) is 5.63. The number of aromatic nitrogens is 1. The van der Waals surface area contributed by atoms with Crippen molar-refractivity contribution in [3.63, 3.8) is 0 Å². The van der Waals surface area contributed by atoms with Gasteiger partial charge in [-0.2, -0.15) is 0 Å². The van der Waals surface area contributed by atoms with Crippen molar-refractivity contribution in [3.8, 4) is 21.0 Å². The first-order valence-corrected chi connectivity index (χ1v) is 9.69. The molecule has 0 saturated carbocycles. The molecule has 0 atom stereocenters. The van der Waals surface area contributed by atoms with Crippen LogP contribution in [-0.2, 0) is 0 Å². The van der Waals surface area contributed by atoms with Crippen molar-refractivity contribution in [3.05, 3.63) is 101 Å². The number of rotatable bonds is 4. The van der Waals surface area contributed by atoms with E-state index in [4.69, 9.17) is 4.98 Å². The van der Waals surface area contributed by atoms with Gasteiger partial charge in [0.15, 0.2) is 0 Å². The number of hydrogen-bond acceptors (Lipinski definition) is 3. The molecule has 2 nitrogen and oxygen atoms in total. The maximum atomic E-state index is 13.2. The highest BCUT2D eigenvalue weighted by Crippen LogP contribution is 2.37. The van der Waals surface area contributed by atoms with Gasteiger partial charge in [0, 0.05) is 11.1 Å². The van der Waals surface area contributed by atoms with E-state index >= 15 is 0 Å². The number of hydrogen-bond donors (Lipinski definition) is 0. The maximum absolute atomic E-state index is 13.2. The molecule has 0 saturated heterocycles. The minimum absolute atomic E-state index is 0. The second-order valence-electron chi connectivity index (χ2n) is 6.58. The lowest BCUT2D eigenvalue weighted by atomic mass is 10.0. The molecular weight excluding hydrogens is 386 g/mol. The molecule has 0 aliphatic heterocycles. The van der Waals surface area contributed by atoms with Crippen molar-refractivity contribution in [2.24, 2.45) is 0 Å². The number of aryl methyl sites for hydroxylation is 2. The van der Waals surface area contributed by atoms with Crippen LogP contribution in [0.1, 0.15) is 27.2 Å². The molecule has 140 valence electrons. The molecule has 0 spiro atoms. The molecule has 0 aliphatic carbocycles. The molecule has 4 rings (SSSR count). The van der Waals surface area contributed by atoms with Crippen LogP contribution in [0.2, 0.25) is 0 Å². The molecule has 4 aromatic rings. The Bertz CT molecular complexity index is 1100. The number of carbonyl (C=O) groups excluding carboxylic acids is 1. The first-order valence-electron chi connectivity index (χ1n) is 8.87. The second kappa shape index (κ2) is 8.51. The predicted molar refractivity (Wildman–Crippen MR) is 112 cm³/mol. The van der Waals surface area contributed by atoms with E-state index in [9.17, 15) is 4.79 Å². The first kappa shape index (κ1) is 20.0. The molecule has 0 bridgehead atoms. The Hall–Kier alpha value is -2.75. The normalized spacial score (nSPS) is 10.4. The van der Waals surface area contributed by atoms with Crippen LogP contribution in [0.4, 0.5) is 0 Å². The molecule has 0 fully saturated rings. The van der Waals surface area contributed by atoms with Gasteiger partial charge in [0.2, 0.25) is 5.78 Å². The van der Waals surface area contributed by atoms with E-state index in [1.807, 2.05) is 60.7 Å². The summed E-state index contributed by atoms with van der Waals surface area (Å²) in [6, 6.07) is 25.7. The van der Waals surface area contributed by atoms with Gasteiger partial charge in [-0.05, 0) is 31.0 Å². The van der Waals surface area contributed by atoms with E-state index in [0.29, 0.717) is 11.3 Å². The quantitative estimate of drug-likeness (QED) is 0.488. The van der Waals surface area contributed by atoms with Crippen LogP contribution in [-0.4, -0.2) is 10.8 Å². The predicted octanol–water partition coefficient (Wildman–Crippen LogP) is 3.33. The minimum atomic E-state index is -0.0396. The molecule has 28 heavy (non-hydrogen) atoms. The van der Waals surface area contributed by atoms with Gasteiger partial charge < -0.3 is 12.4 Å². The molecule has 0 N–H and O–H groups in total. The largest absolute Gasteiger partial charge is 1.00 e. The lowest BCUT2D eigenvalue weighted by Gasteiger charge is -2.03. The Balaban J connectivity index is 0.00000225. The maximum Gasteiger partial charge on any atom is 0.212 e. The molecule has 3 aromatic carbocycles. The topological polar surface area (TPSA) is 30.0 Å². The van der Waals surface area contributed by atoms with Gasteiger partial charge in [0.1, 0.15) is 10.7 Å². The highest BCUT2D eigenvalue weighted by molar-refractivity contribution is 7.18. The van der Waals surface area contributed by atoms with Gasteiger partial charge in [-0.25, -0.2) is 4.98 Å². The van der Waals surface area contributed by atoms with Crippen molar-refractivity contribution >= 4 is 17.1 Å². The number of nitrogens with zero attached hydrogens (tertiary/aromatic N) is 1. The van der Waals surface area contributed by atoms with E-state index in [-0.39, 0.29) is 18.2 Å². The molecule has 1 heterocycles. The Labute approximate surface area is 175 Å². The standard InChI is InChI=1S/C24H19NOS.ClH/c1-16-13-14-17(2)20(15-16)24-25-21(22(26)18-9-5-3-6-10-18)23(27-24)19-11-7-4-8-12-19;/h3-15H,1-2H3;1H/p-1. The monoisotopic (exact) mass is 404 g/mol. The van der Waals surface area contributed by atoms with Crippen molar-refractivity contribution in [1.82, 2.24) is 4.98 Å². The Morgan fingerprint density at radius 1 is 0.857 bits per heavy atom. The number of carbonyl (C=O) groups is 1. The zero-order chi connectivity index (χ0) is 18.8. The van der Waals surface area contributed by atoms with Crippen LogP contribution in [0.5, 0.6) is 0 Å². The van der Waals surface area contributed by atoms with Crippen LogP contribution >= 0.6 is 11.3 Å². The van der Waals surface area contributed by atoms with Crippen molar-refractivity contribution < 1.29 is 17.2 Å². The molecule has 0 unspecified atom stereocenters. The third kappa shape index (κ3) is 3.91. The lowest BCUT2D eigenvalue weighted by molar-refractivity contribution is -0.0000125. The van der Waals surface area contributed by atoms with Gasteiger partial charge in [0.25, 0.3) is 0 Å². The summed E-state index contributed by atoms with van der Waals surface area (Å²) in [6.45, 7) is 4.15. The molecular formula is C24H19ClNOS-. The average Bonchev–Trinajstić information content (AvgIpc) is 3.16. The number of halogens is 1. The fraction of sp³-hybridized carbons (Fsp3) is 0.0833.